The largest absolute Gasteiger partial charge is 2.00 e. The van der Waals surface area contributed by atoms with Crippen LogP contribution in [-0.4, -0.2) is 90.6 Å². The Labute approximate surface area is 114 Å². The van der Waals surface area contributed by atoms with Crippen molar-refractivity contribution in [3.63, 3.8) is 0 Å². The number of likely N-dealkylation sites (N-methyl/N-ethyl adjacent to an activating group) is 1. The van der Waals surface area contributed by atoms with Crippen LogP contribution in [0.5, 0.6) is 0 Å². The van der Waals surface area contributed by atoms with Gasteiger partial charge in [-0.1, -0.05) is 0 Å². The van der Waals surface area contributed by atoms with E-state index in [-0.39, 0.29) is 56.7 Å². The molecule has 0 aromatic rings. The third-order valence-corrected chi connectivity index (χ3v) is 2.04. The maximum atomic E-state index is 10.4. The fraction of sp³-hybridized carbons (Fsp3) is 1.00. The zero-order chi connectivity index (χ0) is 9.28. The molecule has 0 radical (unpaired) electrons. The minimum absolute atomic E-state index is 0. The van der Waals surface area contributed by atoms with Gasteiger partial charge in [0, 0.05) is 0 Å². The topological polar surface area (TPSA) is 77.8 Å². The molecule has 0 fully saturated rings. The summed E-state index contributed by atoms with van der Waals surface area (Å²) in [5.41, 5.74) is 0. The van der Waals surface area contributed by atoms with Gasteiger partial charge in [0.1, 0.15) is 6.54 Å². The predicted octanol–water partition coefficient (Wildman–Crippen LogP) is -4.19. The van der Waals surface area contributed by atoms with Crippen molar-refractivity contribution < 1.29 is 36.3 Å². The van der Waals surface area contributed by atoms with Crippen LogP contribution in [-0.2, 0) is 4.57 Å². The molecular formula is C5H15CaClNO4P+2. The van der Waals surface area contributed by atoms with Crippen molar-refractivity contribution in [3.8, 4) is 0 Å². The number of aliphatic hydroxyl groups excluding tert-OH is 1. The first kappa shape index (κ1) is 20.1. The van der Waals surface area contributed by atoms with Crippen LogP contribution < -0.4 is 12.4 Å². The van der Waals surface area contributed by atoms with E-state index in [9.17, 15) is 4.57 Å². The van der Waals surface area contributed by atoms with Crippen LogP contribution in [0.15, 0.2) is 0 Å². The third-order valence-electron chi connectivity index (χ3n) is 1.10. The molecule has 0 rings (SSSR count). The van der Waals surface area contributed by atoms with Crippen molar-refractivity contribution >= 4 is 45.3 Å². The smallest absolute Gasteiger partial charge is 1.00 e. The van der Waals surface area contributed by atoms with Gasteiger partial charge in [-0.2, -0.15) is 0 Å². The number of quaternary nitrogens is 1. The quantitative estimate of drug-likeness (QED) is 0.273. The van der Waals surface area contributed by atoms with E-state index < -0.39 is 13.4 Å². The van der Waals surface area contributed by atoms with Crippen LogP contribution in [0.2, 0.25) is 0 Å². The first-order chi connectivity index (χ1) is 4.63. The Kier molecular flexibility index (Phi) is 10.8. The molecule has 5 nitrogen and oxygen atoms in total. The van der Waals surface area contributed by atoms with Crippen LogP contribution in [0, 0.1) is 0 Å². The molecule has 8 heteroatoms. The number of hydrogen-bond donors (Lipinski definition) is 3. The van der Waals surface area contributed by atoms with Gasteiger partial charge in [0.2, 0.25) is 5.85 Å². The first-order valence-electron chi connectivity index (χ1n) is 3.17. The van der Waals surface area contributed by atoms with Crippen molar-refractivity contribution in [2.45, 2.75) is 5.85 Å². The summed E-state index contributed by atoms with van der Waals surface area (Å²) in [6.07, 6.45) is 0. The second kappa shape index (κ2) is 6.99. The first-order valence-corrected chi connectivity index (χ1v) is 4.85. The monoisotopic (exact) mass is 259 g/mol. The van der Waals surface area contributed by atoms with E-state index in [4.69, 9.17) is 14.9 Å². The van der Waals surface area contributed by atoms with Gasteiger partial charge in [-0.15, -0.1) is 0 Å². The van der Waals surface area contributed by atoms with Gasteiger partial charge < -0.3 is 31.8 Å². The average molecular weight is 260 g/mol. The number of halogens is 1. The summed E-state index contributed by atoms with van der Waals surface area (Å²) in [7, 11) is 0.933. The van der Waals surface area contributed by atoms with Crippen LogP contribution in [0.25, 0.3) is 0 Å². The Bertz CT molecular complexity index is 180. The molecule has 0 saturated carbocycles. The van der Waals surface area contributed by atoms with Crippen molar-refractivity contribution in [2.75, 3.05) is 27.7 Å². The van der Waals surface area contributed by atoms with E-state index in [0.29, 0.717) is 4.48 Å². The standard InChI is InChI=1S/C5H14NO4P.Ca.ClH/c1-6(2,3)4-5(7)11(8,9)10;;/h5,7H,4H2,1-3H3,(H-,8,9,10);;1H/q;+2;. The molecular weight excluding hydrogens is 245 g/mol. The van der Waals surface area contributed by atoms with Crippen LogP contribution in [0.3, 0.4) is 0 Å². The van der Waals surface area contributed by atoms with Gasteiger partial charge in [0.15, 0.2) is 0 Å². The van der Waals surface area contributed by atoms with Crippen LogP contribution in [0.1, 0.15) is 0 Å². The molecule has 0 aromatic carbocycles. The Morgan fingerprint density at radius 3 is 1.69 bits per heavy atom. The van der Waals surface area contributed by atoms with E-state index in [1.807, 2.05) is 0 Å². The molecule has 0 saturated heterocycles. The van der Waals surface area contributed by atoms with E-state index in [0.717, 1.165) is 0 Å². The molecule has 0 aliphatic rings. The summed E-state index contributed by atoms with van der Waals surface area (Å²) in [4.78, 5) is 17.0. The van der Waals surface area contributed by atoms with Gasteiger partial charge in [0.25, 0.3) is 0 Å². The molecule has 76 valence electrons. The Balaban J connectivity index is -0.000000500. The van der Waals surface area contributed by atoms with Crippen molar-refractivity contribution in [3.05, 3.63) is 0 Å². The summed E-state index contributed by atoms with van der Waals surface area (Å²) in [5.74, 6) is -1.55. The van der Waals surface area contributed by atoms with E-state index in [1.165, 1.54) is 0 Å². The zero-order valence-electron chi connectivity index (χ0n) is 8.01. The minimum atomic E-state index is -4.31. The predicted molar refractivity (Wildman–Crippen MR) is 46.7 cm³/mol. The SMILES string of the molecule is C[N+](C)(C)CC(O)P(=O)(O)O.[Ca+2].[Cl-]. The molecule has 0 aliphatic heterocycles. The summed E-state index contributed by atoms with van der Waals surface area (Å²) >= 11 is 0. The van der Waals surface area contributed by atoms with Gasteiger partial charge in [0.05, 0.1) is 21.1 Å². The number of nitrogens with zero attached hydrogens (tertiary/aromatic N) is 1. The van der Waals surface area contributed by atoms with Crippen molar-refractivity contribution in [2.24, 2.45) is 0 Å². The minimum Gasteiger partial charge on any atom is -1.00 e. The van der Waals surface area contributed by atoms with E-state index >= 15 is 0 Å². The summed E-state index contributed by atoms with van der Waals surface area (Å²) in [6, 6.07) is 0. The van der Waals surface area contributed by atoms with Crippen LogP contribution in [0.4, 0.5) is 0 Å². The van der Waals surface area contributed by atoms with Gasteiger partial charge in [-0.3, -0.25) is 4.57 Å². The molecule has 3 N–H and O–H groups in total. The zero-order valence-corrected chi connectivity index (χ0v) is 11.9. The third kappa shape index (κ3) is 11.5. The molecule has 1 unspecified atom stereocenters. The van der Waals surface area contributed by atoms with E-state index in [2.05, 4.69) is 0 Å². The molecule has 0 aromatic heterocycles. The van der Waals surface area contributed by atoms with Crippen LogP contribution >= 0.6 is 7.60 Å². The molecule has 0 heterocycles. The van der Waals surface area contributed by atoms with Crippen molar-refractivity contribution in [1.29, 1.82) is 0 Å². The Morgan fingerprint density at radius 2 is 1.62 bits per heavy atom. The molecule has 0 aliphatic carbocycles. The van der Waals surface area contributed by atoms with Gasteiger partial charge in [-0.25, -0.2) is 0 Å². The maximum Gasteiger partial charge on any atom is 2.00 e. The van der Waals surface area contributed by atoms with Crippen molar-refractivity contribution in [1.82, 2.24) is 0 Å². The normalized spacial score (nSPS) is 14.0. The van der Waals surface area contributed by atoms with Gasteiger partial charge in [-0.05, 0) is 0 Å². The second-order valence-electron chi connectivity index (χ2n) is 3.54. The van der Waals surface area contributed by atoms with Gasteiger partial charge >= 0.3 is 45.3 Å². The molecule has 0 amide bonds. The second-order valence-corrected chi connectivity index (χ2v) is 5.32. The number of aliphatic hydroxyl groups is 1. The Morgan fingerprint density at radius 1 is 1.31 bits per heavy atom. The maximum absolute atomic E-state index is 10.4. The molecule has 0 spiro atoms. The average Bonchev–Trinajstić information content (AvgIpc) is 1.56. The fourth-order valence-electron chi connectivity index (χ4n) is 0.596. The molecule has 0 bridgehead atoms. The number of rotatable bonds is 3. The summed E-state index contributed by atoms with van der Waals surface area (Å²) < 4.78 is 10.8. The fourth-order valence-corrected chi connectivity index (χ4v) is 1.30. The summed E-state index contributed by atoms with van der Waals surface area (Å²) in [6.45, 7) is 0.0459. The Hall–Kier alpha value is 1.62. The van der Waals surface area contributed by atoms with E-state index in [1.54, 1.807) is 21.1 Å². The molecule has 1 atom stereocenters. The summed E-state index contributed by atoms with van der Waals surface area (Å²) in [5, 5.41) is 8.94. The molecule has 13 heavy (non-hydrogen) atoms. The number of hydrogen-bond acceptors (Lipinski definition) is 2.